The highest BCUT2D eigenvalue weighted by molar-refractivity contribution is 6.10. The minimum absolute atomic E-state index is 0.230. The number of hydrogen-bond acceptors (Lipinski definition) is 6. The van der Waals surface area contributed by atoms with Gasteiger partial charge in [0, 0.05) is 36.0 Å². The fraction of sp³-hybridized carbons (Fsp3) is 0.273. The lowest BCUT2D eigenvalue weighted by molar-refractivity contribution is -0.204. The fourth-order valence-corrected chi connectivity index (χ4v) is 3.44. The quantitative estimate of drug-likeness (QED) is 0.583. The number of amides is 2. The van der Waals surface area contributed by atoms with Gasteiger partial charge in [-0.3, -0.25) is 14.5 Å². The third-order valence-electron chi connectivity index (χ3n) is 4.88. The van der Waals surface area contributed by atoms with Crippen LogP contribution in [0.25, 0.3) is 11.0 Å². The maximum Gasteiger partial charge on any atom is 0.262 e. The zero-order valence-electron chi connectivity index (χ0n) is 17.0. The first-order valence-electron chi connectivity index (χ1n) is 9.72. The van der Waals surface area contributed by atoms with E-state index in [0.29, 0.717) is 35.0 Å². The molecular weight excluding hydrogens is 384 g/mol. The number of carbonyl (C=O) groups excluding carboxylic acids is 2. The number of pyridine rings is 2. The van der Waals surface area contributed by atoms with Crippen LogP contribution in [0.4, 0.5) is 5.82 Å². The van der Waals surface area contributed by atoms with Crippen LogP contribution in [-0.4, -0.2) is 40.5 Å². The van der Waals surface area contributed by atoms with E-state index in [4.69, 9.17) is 9.57 Å². The second-order valence-corrected chi connectivity index (χ2v) is 6.91. The molecule has 1 aromatic carbocycles. The first-order valence-corrected chi connectivity index (χ1v) is 9.72. The highest BCUT2D eigenvalue weighted by atomic mass is 16.7. The average Bonchev–Trinajstić information content (AvgIpc) is 3.04. The van der Waals surface area contributed by atoms with E-state index in [-0.39, 0.29) is 11.8 Å². The van der Waals surface area contributed by atoms with Gasteiger partial charge in [0.1, 0.15) is 5.82 Å². The molecule has 0 radical (unpaired) electrons. The molecule has 0 N–H and O–H groups in total. The summed E-state index contributed by atoms with van der Waals surface area (Å²) in [6, 6.07) is 14.4. The van der Waals surface area contributed by atoms with Crippen LogP contribution in [-0.2, 0) is 9.63 Å². The smallest absolute Gasteiger partial charge is 0.262 e. The third kappa shape index (κ3) is 3.46. The van der Waals surface area contributed by atoms with Crippen molar-refractivity contribution < 1.29 is 19.2 Å². The van der Waals surface area contributed by atoms with Gasteiger partial charge in [0.25, 0.3) is 5.91 Å². The number of rotatable bonds is 6. The highest BCUT2D eigenvalue weighted by Crippen LogP contribution is 2.38. The molecule has 1 aliphatic heterocycles. The summed E-state index contributed by atoms with van der Waals surface area (Å²) in [5.74, 6) is 0.341. The van der Waals surface area contributed by atoms with Gasteiger partial charge in [-0.15, -0.1) is 0 Å². The van der Waals surface area contributed by atoms with Gasteiger partial charge in [-0.2, -0.15) is 4.98 Å². The maximum absolute atomic E-state index is 13.2. The molecule has 0 aliphatic carbocycles. The van der Waals surface area contributed by atoms with E-state index in [1.165, 1.54) is 24.0 Å². The second-order valence-electron chi connectivity index (χ2n) is 6.91. The van der Waals surface area contributed by atoms with E-state index in [0.717, 1.165) is 11.8 Å². The van der Waals surface area contributed by atoms with Crippen molar-refractivity contribution in [1.82, 2.24) is 15.0 Å². The predicted octanol–water partition coefficient (Wildman–Crippen LogP) is 3.49. The number of hydroxylamine groups is 2. The summed E-state index contributed by atoms with van der Waals surface area (Å²) in [4.78, 5) is 41.7. The largest absolute Gasteiger partial charge is 0.481 e. The van der Waals surface area contributed by atoms with Crippen LogP contribution in [0.2, 0.25) is 0 Å². The zero-order valence-corrected chi connectivity index (χ0v) is 17.0. The molecule has 1 aliphatic rings. The van der Waals surface area contributed by atoms with Crippen molar-refractivity contribution in [3.05, 3.63) is 59.7 Å². The SMILES string of the molecule is CCCN(OC1c2ccccc2C(=O)N1c1ccc2ccc(OC)nc2n1)C(C)=O. The Bertz CT molecular complexity index is 1120. The van der Waals surface area contributed by atoms with Gasteiger partial charge < -0.3 is 4.74 Å². The van der Waals surface area contributed by atoms with Gasteiger partial charge >= 0.3 is 0 Å². The van der Waals surface area contributed by atoms with Gasteiger partial charge in [-0.05, 0) is 30.7 Å². The Kier molecular flexibility index (Phi) is 5.33. The van der Waals surface area contributed by atoms with Crippen molar-refractivity contribution in [2.75, 3.05) is 18.6 Å². The van der Waals surface area contributed by atoms with E-state index in [2.05, 4.69) is 9.97 Å². The lowest BCUT2D eigenvalue weighted by atomic mass is 10.1. The van der Waals surface area contributed by atoms with Crippen molar-refractivity contribution in [3.8, 4) is 5.88 Å². The van der Waals surface area contributed by atoms with Crippen LogP contribution in [0.1, 0.15) is 42.4 Å². The zero-order chi connectivity index (χ0) is 21.3. The maximum atomic E-state index is 13.2. The minimum atomic E-state index is -0.806. The normalized spacial score (nSPS) is 15.4. The van der Waals surface area contributed by atoms with Crippen molar-refractivity contribution in [1.29, 1.82) is 0 Å². The summed E-state index contributed by atoms with van der Waals surface area (Å²) in [5.41, 5.74) is 1.65. The van der Waals surface area contributed by atoms with Crippen LogP contribution in [0.5, 0.6) is 5.88 Å². The molecule has 0 bridgehead atoms. The molecular formula is C22H22N4O4. The fourth-order valence-electron chi connectivity index (χ4n) is 3.44. The summed E-state index contributed by atoms with van der Waals surface area (Å²) < 4.78 is 5.19. The van der Waals surface area contributed by atoms with Crippen LogP contribution in [0.3, 0.4) is 0 Å². The molecule has 2 aromatic heterocycles. The molecule has 8 nitrogen and oxygen atoms in total. The summed E-state index contributed by atoms with van der Waals surface area (Å²) in [7, 11) is 1.53. The number of carbonyl (C=O) groups is 2. The van der Waals surface area contributed by atoms with Crippen molar-refractivity contribution in [2.45, 2.75) is 26.5 Å². The number of anilines is 1. The molecule has 4 rings (SSSR count). The predicted molar refractivity (Wildman–Crippen MR) is 111 cm³/mol. The summed E-state index contributed by atoms with van der Waals surface area (Å²) in [6.45, 7) is 3.81. The van der Waals surface area contributed by atoms with Gasteiger partial charge in [0.05, 0.1) is 7.11 Å². The first-order chi connectivity index (χ1) is 14.5. The Labute approximate surface area is 174 Å². The molecule has 8 heteroatoms. The van der Waals surface area contributed by atoms with Crippen LogP contribution in [0, 0.1) is 0 Å². The van der Waals surface area contributed by atoms with E-state index in [9.17, 15) is 9.59 Å². The van der Waals surface area contributed by atoms with Crippen LogP contribution >= 0.6 is 0 Å². The number of benzene rings is 1. The van der Waals surface area contributed by atoms with E-state index >= 15 is 0 Å². The summed E-state index contributed by atoms with van der Waals surface area (Å²) in [5, 5.41) is 2.10. The van der Waals surface area contributed by atoms with Gasteiger partial charge in [0.2, 0.25) is 11.8 Å². The Balaban J connectivity index is 1.79. The summed E-state index contributed by atoms with van der Waals surface area (Å²) >= 11 is 0. The van der Waals surface area contributed by atoms with Crippen molar-refractivity contribution in [2.24, 2.45) is 0 Å². The number of fused-ring (bicyclic) bond motifs is 2. The van der Waals surface area contributed by atoms with Crippen LogP contribution < -0.4 is 9.64 Å². The van der Waals surface area contributed by atoms with Crippen LogP contribution in [0.15, 0.2) is 48.5 Å². The Morgan fingerprint density at radius 3 is 2.63 bits per heavy atom. The molecule has 1 unspecified atom stereocenters. The minimum Gasteiger partial charge on any atom is -0.481 e. The van der Waals surface area contributed by atoms with E-state index < -0.39 is 6.23 Å². The molecule has 3 heterocycles. The number of aromatic nitrogens is 2. The lowest BCUT2D eigenvalue weighted by Gasteiger charge is -2.29. The Hall–Kier alpha value is -3.52. The number of nitrogens with zero attached hydrogens (tertiary/aromatic N) is 4. The number of ether oxygens (including phenoxy) is 1. The average molecular weight is 406 g/mol. The van der Waals surface area contributed by atoms with Gasteiger partial charge in [-0.1, -0.05) is 25.1 Å². The molecule has 2 amide bonds. The second kappa shape index (κ2) is 8.08. The Morgan fingerprint density at radius 2 is 1.90 bits per heavy atom. The van der Waals surface area contributed by atoms with E-state index in [1.54, 1.807) is 24.3 Å². The van der Waals surface area contributed by atoms with E-state index in [1.807, 2.05) is 31.2 Å². The highest BCUT2D eigenvalue weighted by Gasteiger charge is 2.41. The Morgan fingerprint density at radius 1 is 1.13 bits per heavy atom. The molecule has 3 aromatic rings. The topological polar surface area (TPSA) is 84.9 Å². The molecule has 30 heavy (non-hydrogen) atoms. The molecule has 1 atom stereocenters. The summed E-state index contributed by atoms with van der Waals surface area (Å²) in [6.07, 6.45) is -0.0838. The molecule has 154 valence electrons. The number of hydrogen-bond donors (Lipinski definition) is 0. The standard InChI is InChI=1S/C22H22N4O4/c1-4-13-25(14(2)27)30-22-17-8-6-5-7-16(17)21(28)26(22)18-11-9-15-10-12-19(29-3)24-20(15)23-18/h5-12,22H,4,13H2,1-3H3. The van der Waals surface area contributed by atoms with Gasteiger partial charge in [0.15, 0.2) is 11.9 Å². The molecule has 0 spiro atoms. The van der Waals surface area contributed by atoms with Gasteiger partial charge in [-0.25, -0.2) is 14.9 Å². The lowest BCUT2D eigenvalue weighted by Crippen LogP contribution is -2.38. The molecule has 0 saturated heterocycles. The van der Waals surface area contributed by atoms with Crippen molar-refractivity contribution >= 4 is 28.7 Å². The van der Waals surface area contributed by atoms with Crippen molar-refractivity contribution in [3.63, 3.8) is 0 Å². The first kappa shape index (κ1) is 19.8. The number of methoxy groups -OCH3 is 1. The monoisotopic (exact) mass is 406 g/mol. The molecule has 0 saturated carbocycles. The molecule has 0 fully saturated rings. The third-order valence-corrected chi connectivity index (χ3v) is 4.88.